The smallest absolute Gasteiger partial charge is 0.292 e. The van der Waals surface area contributed by atoms with Gasteiger partial charge in [-0.25, -0.2) is 4.98 Å². The molecule has 0 spiro atoms. The maximum atomic E-state index is 5.61. The van der Waals surface area contributed by atoms with Gasteiger partial charge in [-0.3, -0.25) is 0 Å². The molecule has 0 aliphatic carbocycles. The first-order valence-corrected chi connectivity index (χ1v) is 5.51. The molecule has 3 rings (SSSR count). The molecule has 0 saturated heterocycles. The van der Waals surface area contributed by atoms with Gasteiger partial charge in [0.15, 0.2) is 5.76 Å². The molecule has 5 heteroatoms. The van der Waals surface area contributed by atoms with Gasteiger partial charge in [0.2, 0.25) is 0 Å². The highest BCUT2D eigenvalue weighted by atomic mass is 16.5. The first-order chi connectivity index (χ1) is 8.33. The van der Waals surface area contributed by atoms with E-state index in [-0.39, 0.29) is 6.01 Å². The number of nitrogens with zero attached hydrogens (tertiary/aromatic N) is 1. The number of rotatable bonds is 1. The van der Waals surface area contributed by atoms with E-state index in [0.717, 1.165) is 30.0 Å². The van der Waals surface area contributed by atoms with Gasteiger partial charge in [0.25, 0.3) is 6.01 Å². The molecule has 1 aliphatic heterocycles. The summed E-state index contributed by atoms with van der Waals surface area (Å²) in [7, 11) is 0. The van der Waals surface area contributed by atoms with Crippen LogP contribution in [0.15, 0.2) is 28.8 Å². The Balaban J connectivity index is 2.00. The van der Waals surface area contributed by atoms with Gasteiger partial charge in [-0.05, 0) is 18.2 Å². The normalized spacial score (nSPS) is 14.8. The van der Waals surface area contributed by atoms with Crippen LogP contribution in [-0.4, -0.2) is 18.1 Å². The number of nitrogens with one attached hydrogen (secondary N) is 1. The van der Waals surface area contributed by atoms with Crippen LogP contribution in [-0.2, 0) is 6.54 Å². The van der Waals surface area contributed by atoms with E-state index < -0.39 is 0 Å². The molecule has 0 fully saturated rings. The molecule has 3 N–H and O–H groups in total. The van der Waals surface area contributed by atoms with Gasteiger partial charge in [0, 0.05) is 24.2 Å². The predicted octanol–water partition coefficient (Wildman–Crippen LogP) is 1.41. The second-order valence-corrected chi connectivity index (χ2v) is 3.91. The van der Waals surface area contributed by atoms with Crippen LogP contribution in [0.3, 0.4) is 0 Å². The van der Waals surface area contributed by atoms with E-state index in [1.807, 2.05) is 18.2 Å². The van der Waals surface area contributed by atoms with Crippen molar-refractivity contribution >= 4 is 6.01 Å². The summed E-state index contributed by atoms with van der Waals surface area (Å²) in [5.74, 6) is 1.60. The second kappa shape index (κ2) is 4.10. The number of hydrogen-bond acceptors (Lipinski definition) is 5. The molecule has 17 heavy (non-hydrogen) atoms. The van der Waals surface area contributed by atoms with Crippen molar-refractivity contribution in [3.05, 3.63) is 30.0 Å². The highest BCUT2D eigenvalue weighted by Crippen LogP contribution is 2.28. The molecule has 0 radical (unpaired) electrons. The minimum absolute atomic E-state index is 0.185. The fraction of sp³-hybridized carbons (Fsp3) is 0.250. The van der Waals surface area contributed by atoms with Gasteiger partial charge in [-0.2, -0.15) is 0 Å². The van der Waals surface area contributed by atoms with Crippen LogP contribution in [0.4, 0.5) is 6.01 Å². The maximum absolute atomic E-state index is 5.61. The Morgan fingerprint density at radius 3 is 3.12 bits per heavy atom. The van der Waals surface area contributed by atoms with Gasteiger partial charge in [-0.15, -0.1) is 0 Å². The van der Waals surface area contributed by atoms with E-state index in [1.165, 1.54) is 0 Å². The average Bonchev–Trinajstić information content (AvgIpc) is 2.64. The molecule has 1 aliphatic rings. The van der Waals surface area contributed by atoms with Gasteiger partial charge < -0.3 is 20.2 Å². The van der Waals surface area contributed by atoms with Crippen LogP contribution in [0, 0.1) is 0 Å². The molecule has 0 atom stereocenters. The van der Waals surface area contributed by atoms with Crippen molar-refractivity contribution in [2.24, 2.45) is 0 Å². The summed E-state index contributed by atoms with van der Waals surface area (Å²) in [4.78, 5) is 3.89. The van der Waals surface area contributed by atoms with Crippen LogP contribution in [0.5, 0.6) is 5.75 Å². The standard InChI is InChI=1S/C12H13N3O2/c13-12-15-7-11(17-12)8-1-2-10-9(5-8)6-14-3-4-16-10/h1-2,5,7,14H,3-4,6H2,(H2,13,15). The summed E-state index contributed by atoms with van der Waals surface area (Å²) in [6.45, 7) is 2.35. The summed E-state index contributed by atoms with van der Waals surface area (Å²) in [6.07, 6.45) is 1.63. The Hall–Kier alpha value is -2.01. The van der Waals surface area contributed by atoms with Gasteiger partial charge in [0.1, 0.15) is 12.4 Å². The largest absolute Gasteiger partial charge is 0.492 e. The van der Waals surface area contributed by atoms with Crippen LogP contribution >= 0.6 is 0 Å². The Labute approximate surface area is 98.6 Å². The van der Waals surface area contributed by atoms with Crippen LogP contribution in [0.2, 0.25) is 0 Å². The van der Waals surface area contributed by atoms with E-state index in [1.54, 1.807) is 6.20 Å². The quantitative estimate of drug-likeness (QED) is 0.776. The molecule has 1 aromatic heterocycles. The molecule has 0 saturated carbocycles. The van der Waals surface area contributed by atoms with Crippen molar-refractivity contribution in [3.63, 3.8) is 0 Å². The summed E-state index contributed by atoms with van der Waals surface area (Å²) >= 11 is 0. The van der Waals surface area contributed by atoms with Crippen molar-refractivity contribution in [1.82, 2.24) is 10.3 Å². The Morgan fingerprint density at radius 2 is 2.29 bits per heavy atom. The molecule has 0 bridgehead atoms. The lowest BCUT2D eigenvalue weighted by Crippen LogP contribution is -2.16. The number of anilines is 1. The number of benzene rings is 1. The van der Waals surface area contributed by atoms with E-state index >= 15 is 0 Å². The number of fused-ring (bicyclic) bond motifs is 1. The van der Waals surface area contributed by atoms with Gasteiger partial charge >= 0.3 is 0 Å². The second-order valence-electron chi connectivity index (χ2n) is 3.91. The Bertz CT molecular complexity index is 536. The number of aromatic nitrogens is 1. The van der Waals surface area contributed by atoms with Gasteiger partial charge in [0.05, 0.1) is 6.20 Å². The summed E-state index contributed by atoms with van der Waals surface area (Å²) in [5.41, 5.74) is 7.54. The van der Waals surface area contributed by atoms with Crippen LogP contribution in [0.1, 0.15) is 5.56 Å². The third kappa shape index (κ3) is 1.97. The minimum atomic E-state index is 0.185. The first-order valence-electron chi connectivity index (χ1n) is 5.51. The van der Waals surface area contributed by atoms with Crippen molar-refractivity contribution in [3.8, 4) is 17.1 Å². The maximum Gasteiger partial charge on any atom is 0.292 e. The fourth-order valence-electron chi connectivity index (χ4n) is 1.89. The van der Waals surface area contributed by atoms with Crippen LogP contribution in [0.25, 0.3) is 11.3 Å². The van der Waals surface area contributed by atoms with E-state index in [0.29, 0.717) is 12.4 Å². The average molecular weight is 231 g/mol. The molecule has 0 unspecified atom stereocenters. The zero-order valence-electron chi connectivity index (χ0n) is 9.27. The van der Waals surface area contributed by atoms with Crippen molar-refractivity contribution in [2.75, 3.05) is 18.9 Å². The van der Waals surface area contributed by atoms with Crippen molar-refractivity contribution in [2.45, 2.75) is 6.54 Å². The SMILES string of the molecule is Nc1ncc(-c2ccc3c(c2)CNCCO3)o1. The first kappa shape index (κ1) is 10.2. The molecule has 0 amide bonds. The molecule has 2 aromatic rings. The van der Waals surface area contributed by atoms with E-state index in [2.05, 4.69) is 10.3 Å². The minimum Gasteiger partial charge on any atom is -0.492 e. The molecule has 1 aromatic carbocycles. The third-order valence-corrected chi connectivity index (χ3v) is 2.72. The number of ether oxygens (including phenoxy) is 1. The number of hydrogen-bond donors (Lipinski definition) is 2. The number of nitrogens with two attached hydrogens (primary N) is 1. The highest BCUT2D eigenvalue weighted by molar-refractivity contribution is 5.60. The number of oxazole rings is 1. The zero-order valence-corrected chi connectivity index (χ0v) is 9.27. The fourth-order valence-corrected chi connectivity index (χ4v) is 1.89. The molecular formula is C12H13N3O2. The summed E-state index contributed by atoms with van der Waals surface area (Å²) in [5, 5.41) is 3.29. The topological polar surface area (TPSA) is 73.3 Å². The lowest BCUT2D eigenvalue weighted by Gasteiger charge is -2.07. The summed E-state index contributed by atoms with van der Waals surface area (Å²) in [6, 6.07) is 6.12. The van der Waals surface area contributed by atoms with Gasteiger partial charge in [-0.1, -0.05) is 0 Å². The third-order valence-electron chi connectivity index (χ3n) is 2.72. The lowest BCUT2D eigenvalue weighted by atomic mass is 10.1. The predicted molar refractivity (Wildman–Crippen MR) is 63.6 cm³/mol. The number of nitrogen functional groups attached to an aromatic ring is 1. The lowest BCUT2D eigenvalue weighted by molar-refractivity contribution is 0.326. The Morgan fingerprint density at radius 1 is 1.35 bits per heavy atom. The highest BCUT2D eigenvalue weighted by Gasteiger charge is 2.11. The Kier molecular flexibility index (Phi) is 2.45. The molecule has 2 heterocycles. The summed E-state index contributed by atoms with van der Waals surface area (Å²) < 4.78 is 10.9. The van der Waals surface area contributed by atoms with Crippen molar-refractivity contribution < 1.29 is 9.15 Å². The molecular weight excluding hydrogens is 218 g/mol. The van der Waals surface area contributed by atoms with E-state index in [4.69, 9.17) is 14.9 Å². The zero-order chi connectivity index (χ0) is 11.7. The monoisotopic (exact) mass is 231 g/mol. The van der Waals surface area contributed by atoms with E-state index in [9.17, 15) is 0 Å². The van der Waals surface area contributed by atoms with Crippen LogP contribution < -0.4 is 15.8 Å². The van der Waals surface area contributed by atoms with Crippen molar-refractivity contribution in [1.29, 1.82) is 0 Å². The molecule has 88 valence electrons. The molecule has 5 nitrogen and oxygen atoms in total.